The van der Waals surface area contributed by atoms with Gasteiger partial charge in [-0.05, 0) is 30.3 Å². The summed E-state index contributed by atoms with van der Waals surface area (Å²) >= 11 is 0. The van der Waals surface area contributed by atoms with Crippen molar-refractivity contribution in [2.45, 2.75) is 6.18 Å². The van der Waals surface area contributed by atoms with E-state index in [1.54, 1.807) is 24.3 Å². The monoisotopic (exact) mass is 306 g/mol. The van der Waals surface area contributed by atoms with Gasteiger partial charge in [0.1, 0.15) is 0 Å². The summed E-state index contributed by atoms with van der Waals surface area (Å²) in [4.78, 5) is 15.9. The zero-order valence-corrected chi connectivity index (χ0v) is 11.0. The predicted octanol–water partition coefficient (Wildman–Crippen LogP) is 3.95. The van der Waals surface area contributed by atoms with E-state index < -0.39 is 17.4 Å². The van der Waals surface area contributed by atoms with Gasteiger partial charge in [0.2, 0.25) is 0 Å². The fourth-order valence-corrected chi connectivity index (χ4v) is 1.95. The van der Waals surface area contributed by atoms with E-state index in [4.69, 9.17) is 4.42 Å². The number of nitrogens with zero attached hydrogens (tertiary/aromatic N) is 1. The average molecular weight is 306 g/mol. The molecule has 7 heteroatoms. The molecule has 1 aromatic heterocycles. The van der Waals surface area contributed by atoms with Crippen LogP contribution in [0.25, 0.3) is 10.9 Å². The fourth-order valence-electron chi connectivity index (χ4n) is 1.95. The number of halogens is 3. The SMILES string of the molecule is O=c1oc(Nc2ccccc2)nc2ccc(C(F)(F)F)cc12. The summed E-state index contributed by atoms with van der Waals surface area (Å²) in [6, 6.07) is 11.5. The quantitative estimate of drug-likeness (QED) is 0.779. The lowest BCUT2D eigenvalue weighted by atomic mass is 10.1. The van der Waals surface area contributed by atoms with Crippen LogP contribution < -0.4 is 10.9 Å². The number of nitrogens with one attached hydrogen (secondary N) is 1. The van der Waals surface area contributed by atoms with Crippen molar-refractivity contribution < 1.29 is 17.6 Å². The van der Waals surface area contributed by atoms with Crippen molar-refractivity contribution >= 4 is 22.6 Å². The van der Waals surface area contributed by atoms with Crippen LogP contribution >= 0.6 is 0 Å². The molecule has 0 atom stereocenters. The molecular weight excluding hydrogens is 297 g/mol. The Kier molecular flexibility index (Phi) is 3.32. The lowest BCUT2D eigenvalue weighted by molar-refractivity contribution is -0.137. The molecule has 0 aliphatic rings. The molecule has 1 heterocycles. The fraction of sp³-hybridized carbons (Fsp3) is 0.0667. The molecule has 0 saturated heterocycles. The van der Waals surface area contributed by atoms with Gasteiger partial charge in [0.25, 0.3) is 0 Å². The summed E-state index contributed by atoms with van der Waals surface area (Å²) in [7, 11) is 0. The summed E-state index contributed by atoms with van der Waals surface area (Å²) in [6.45, 7) is 0. The molecule has 1 N–H and O–H groups in total. The Morgan fingerprint density at radius 1 is 1.05 bits per heavy atom. The molecule has 2 aromatic carbocycles. The van der Waals surface area contributed by atoms with Crippen LogP contribution in [0.2, 0.25) is 0 Å². The van der Waals surface area contributed by atoms with Gasteiger partial charge < -0.3 is 9.73 Å². The van der Waals surface area contributed by atoms with Crippen molar-refractivity contribution in [2.24, 2.45) is 0 Å². The van der Waals surface area contributed by atoms with Crippen LogP contribution in [0.4, 0.5) is 24.9 Å². The summed E-state index contributed by atoms with van der Waals surface area (Å²) in [5, 5.41) is 2.57. The Morgan fingerprint density at radius 2 is 1.77 bits per heavy atom. The molecule has 0 aliphatic heterocycles. The van der Waals surface area contributed by atoms with Gasteiger partial charge in [0, 0.05) is 5.69 Å². The molecule has 0 unspecified atom stereocenters. The number of hydrogen-bond donors (Lipinski definition) is 1. The molecule has 0 amide bonds. The Balaban J connectivity index is 2.05. The average Bonchev–Trinajstić information content (AvgIpc) is 2.47. The predicted molar refractivity (Wildman–Crippen MR) is 75.0 cm³/mol. The first-order chi connectivity index (χ1) is 10.4. The first-order valence-corrected chi connectivity index (χ1v) is 6.28. The summed E-state index contributed by atoms with van der Waals surface area (Å²) in [5.41, 5.74) is -1.03. The first-order valence-electron chi connectivity index (χ1n) is 6.28. The Morgan fingerprint density at radius 3 is 2.45 bits per heavy atom. The van der Waals surface area contributed by atoms with Gasteiger partial charge in [-0.3, -0.25) is 0 Å². The van der Waals surface area contributed by atoms with Crippen LogP contribution in [0.15, 0.2) is 57.7 Å². The number of alkyl halides is 3. The Hall–Kier alpha value is -2.83. The summed E-state index contributed by atoms with van der Waals surface area (Å²) in [6.07, 6.45) is -4.53. The zero-order chi connectivity index (χ0) is 15.7. The molecule has 0 spiro atoms. The molecule has 0 fully saturated rings. The van der Waals surface area contributed by atoms with Crippen molar-refractivity contribution in [3.05, 3.63) is 64.5 Å². The number of hydrogen-bond acceptors (Lipinski definition) is 4. The lowest BCUT2D eigenvalue weighted by Gasteiger charge is -2.08. The molecule has 3 aromatic rings. The number of rotatable bonds is 2. The molecule has 4 nitrogen and oxygen atoms in total. The molecule has 22 heavy (non-hydrogen) atoms. The molecule has 0 bridgehead atoms. The largest absolute Gasteiger partial charge is 0.416 e. The third kappa shape index (κ3) is 2.78. The summed E-state index contributed by atoms with van der Waals surface area (Å²) < 4.78 is 42.9. The van der Waals surface area contributed by atoms with Gasteiger partial charge in [0.05, 0.1) is 16.5 Å². The second-order valence-electron chi connectivity index (χ2n) is 4.53. The minimum atomic E-state index is -4.53. The van der Waals surface area contributed by atoms with Crippen LogP contribution in [0, 0.1) is 0 Å². The van der Waals surface area contributed by atoms with E-state index >= 15 is 0 Å². The third-order valence-corrected chi connectivity index (χ3v) is 2.98. The number of anilines is 2. The van der Waals surface area contributed by atoms with E-state index in [2.05, 4.69) is 10.3 Å². The number of aromatic nitrogens is 1. The van der Waals surface area contributed by atoms with Gasteiger partial charge in [-0.1, -0.05) is 18.2 Å². The zero-order valence-electron chi connectivity index (χ0n) is 11.0. The van der Waals surface area contributed by atoms with E-state index in [9.17, 15) is 18.0 Å². The van der Waals surface area contributed by atoms with Crippen LogP contribution in [0.3, 0.4) is 0 Å². The van der Waals surface area contributed by atoms with Gasteiger partial charge in [-0.25, -0.2) is 4.79 Å². The Bertz CT molecular complexity index is 873. The highest BCUT2D eigenvalue weighted by molar-refractivity contribution is 5.79. The number of fused-ring (bicyclic) bond motifs is 1. The molecule has 112 valence electrons. The van der Waals surface area contributed by atoms with Crippen LogP contribution in [-0.4, -0.2) is 4.98 Å². The van der Waals surface area contributed by atoms with E-state index in [1.165, 1.54) is 0 Å². The second-order valence-corrected chi connectivity index (χ2v) is 4.53. The van der Waals surface area contributed by atoms with Crippen molar-refractivity contribution in [3.8, 4) is 0 Å². The van der Waals surface area contributed by atoms with Crippen LogP contribution in [-0.2, 0) is 6.18 Å². The smallest absolute Gasteiger partial charge is 0.388 e. The van der Waals surface area contributed by atoms with Gasteiger partial charge in [-0.15, -0.1) is 0 Å². The minimum Gasteiger partial charge on any atom is -0.388 e. The molecule has 0 aliphatic carbocycles. The van der Waals surface area contributed by atoms with E-state index in [0.29, 0.717) is 5.69 Å². The van der Waals surface area contributed by atoms with Crippen molar-refractivity contribution in [1.29, 1.82) is 0 Å². The maximum atomic E-state index is 12.6. The van der Waals surface area contributed by atoms with Gasteiger partial charge in [0.15, 0.2) is 0 Å². The highest BCUT2D eigenvalue weighted by Crippen LogP contribution is 2.30. The van der Waals surface area contributed by atoms with E-state index in [-0.39, 0.29) is 16.9 Å². The van der Waals surface area contributed by atoms with Crippen LogP contribution in [0.1, 0.15) is 5.56 Å². The van der Waals surface area contributed by atoms with E-state index in [1.807, 2.05) is 6.07 Å². The topological polar surface area (TPSA) is 55.1 Å². The maximum Gasteiger partial charge on any atom is 0.416 e. The van der Waals surface area contributed by atoms with Gasteiger partial charge >= 0.3 is 17.8 Å². The minimum absolute atomic E-state index is 0.0801. The Labute approximate surface area is 122 Å². The maximum absolute atomic E-state index is 12.6. The lowest BCUT2D eigenvalue weighted by Crippen LogP contribution is -2.09. The third-order valence-electron chi connectivity index (χ3n) is 2.98. The summed E-state index contributed by atoms with van der Waals surface area (Å²) in [5.74, 6) is 0. The molecule has 0 saturated carbocycles. The molecule has 3 rings (SSSR count). The van der Waals surface area contributed by atoms with Crippen molar-refractivity contribution in [2.75, 3.05) is 5.32 Å². The highest BCUT2D eigenvalue weighted by atomic mass is 19.4. The van der Waals surface area contributed by atoms with E-state index in [0.717, 1.165) is 18.2 Å². The van der Waals surface area contributed by atoms with Crippen molar-refractivity contribution in [1.82, 2.24) is 4.98 Å². The first kappa shape index (κ1) is 14.1. The standard InChI is InChI=1S/C15H9F3N2O2/c16-15(17,18)9-6-7-12-11(8-9)13(21)22-14(20-12)19-10-4-2-1-3-5-10/h1-8H,(H,19,20). The molecule has 0 radical (unpaired) electrons. The van der Waals surface area contributed by atoms with Gasteiger partial charge in [-0.2, -0.15) is 18.2 Å². The number of para-hydroxylation sites is 1. The normalized spacial score (nSPS) is 11.6. The van der Waals surface area contributed by atoms with Crippen molar-refractivity contribution in [3.63, 3.8) is 0 Å². The number of benzene rings is 2. The second kappa shape index (κ2) is 5.18. The van der Waals surface area contributed by atoms with Crippen LogP contribution in [0.5, 0.6) is 0 Å². The molecular formula is C15H9F3N2O2. The highest BCUT2D eigenvalue weighted by Gasteiger charge is 2.31.